The first kappa shape index (κ1) is 29.2. The van der Waals surface area contributed by atoms with Gasteiger partial charge in [-0.15, -0.1) is 11.8 Å². The highest BCUT2D eigenvalue weighted by molar-refractivity contribution is 7.99. The third kappa shape index (κ3) is 8.90. The highest BCUT2D eigenvalue weighted by Gasteiger charge is 2.31. The summed E-state index contributed by atoms with van der Waals surface area (Å²) in [4.78, 5) is 12.6. The van der Waals surface area contributed by atoms with Crippen molar-refractivity contribution in [1.29, 1.82) is 0 Å². The molecule has 0 saturated carbocycles. The van der Waals surface area contributed by atoms with Crippen LogP contribution in [-0.2, 0) is 22.1 Å². The zero-order valence-corrected chi connectivity index (χ0v) is 22.4. The molecule has 3 aromatic carbocycles. The highest BCUT2D eigenvalue weighted by atomic mass is 32.2. The van der Waals surface area contributed by atoms with Crippen molar-refractivity contribution in [3.63, 3.8) is 0 Å². The first-order valence-electron chi connectivity index (χ1n) is 12.3. The number of hydrogen-bond donors (Lipinski definition) is 0. The molecule has 1 atom stereocenters. The molecule has 0 aliphatic rings. The number of carbonyl (C=O) groups excluding carboxylic acids is 1. The predicted octanol–water partition coefficient (Wildman–Crippen LogP) is 7.95. The molecule has 0 heterocycles. The Morgan fingerprint density at radius 1 is 0.947 bits per heavy atom. The number of rotatable bonds is 13. The first-order valence-corrected chi connectivity index (χ1v) is 13.3. The lowest BCUT2D eigenvalue weighted by Crippen LogP contribution is -2.15. The zero-order valence-electron chi connectivity index (χ0n) is 21.5. The van der Waals surface area contributed by atoms with Crippen LogP contribution in [0.15, 0.2) is 71.6 Å². The number of halogens is 3. The van der Waals surface area contributed by atoms with E-state index in [1.165, 1.54) is 6.07 Å². The molecule has 0 spiro atoms. The topological polar surface area (TPSA) is 54.0 Å². The van der Waals surface area contributed by atoms with Gasteiger partial charge in [0.25, 0.3) is 0 Å². The van der Waals surface area contributed by atoms with Gasteiger partial charge in [-0.3, -0.25) is 0 Å². The van der Waals surface area contributed by atoms with Crippen molar-refractivity contribution in [2.24, 2.45) is 0 Å². The van der Waals surface area contributed by atoms with Crippen molar-refractivity contribution in [2.75, 3.05) is 19.0 Å². The summed E-state index contributed by atoms with van der Waals surface area (Å²) in [5, 5.41) is 0. The molecular formula is C29H31F3O5S. The van der Waals surface area contributed by atoms with Gasteiger partial charge in [0, 0.05) is 10.6 Å². The molecule has 38 heavy (non-hydrogen) atoms. The number of thioether (sulfide) groups is 1. The van der Waals surface area contributed by atoms with E-state index in [2.05, 4.69) is 0 Å². The van der Waals surface area contributed by atoms with Crippen LogP contribution in [0.1, 0.15) is 38.3 Å². The molecule has 0 saturated heterocycles. The molecule has 9 heteroatoms. The Kier molecular flexibility index (Phi) is 10.8. The van der Waals surface area contributed by atoms with Gasteiger partial charge < -0.3 is 18.9 Å². The van der Waals surface area contributed by atoms with Crippen LogP contribution in [0.4, 0.5) is 13.2 Å². The van der Waals surface area contributed by atoms with Gasteiger partial charge in [0.2, 0.25) is 0 Å². The maximum atomic E-state index is 13.3. The standard InChI is InChI=1S/C29H31F3O5S/c1-4-21-17-24(12-14-25(21)35-19-28(33)34-5-2)38-16-15-20(3)36-26-13-11-22(29(30,31)32)18-27(26)37-23-9-7-6-8-10-23/h6-14,17-18,20H,4-5,15-16,19H2,1-3H3/t20-/m0/s1. The molecule has 0 aliphatic heterocycles. The zero-order chi connectivity index (χ0) is 27.5. The Hall–Kier alpha value is -3.33. The monoisotopic (exact) mass is 548 g/mol. The Morgan fingerprint density at radius 3 is 2.37 bits per heavy atom. The van der Waals surface area contributed by atoms with E-state index >= 15 is 0 Å². The predicted molar refractivity (Wildman–Crippen MR) is 141 cm³/mol. The summed E-state index contributed by atoms with van der Waals surface area (Å²) in [5.74, 6) is 1.64. The molecule has 3 rings (SSSR count). The lowest BCUT2D eigenvalue weighted by atomic mass is 10.1. The second-order valence-corrected chi connectivity index (χ2v) is 9.53. The van der Waals surface area contributed by atoms with Crippen LogP contribution in [0.5, 0.6) is 23.0 Å². The van der Waals surface area contributed by atoms with E-state index in [1.807, 2.05) is 32.0 Å². The molecule has 5 nitrogen and oxygen atoms in total. The Labute approximate surface area is 225 Å². The van der Waals surface area contributed by atoms with Crippen LogP contribution in [0, 0.1) is 0 Å². The van der Waals surface area contributed by atoms with Gasteiger partial charge in [0.1, 0.15) is 11.5 Å². The third-order valence-electron chi connectivity index (χ3n) is 5.43. The maximum Gasteiger partial charge on any atom is 0.416 e. The molecule has 0 amide bonds. The molecule has 0 aliphatic carbocycles. The Morgan fingerprint density at radius 2 is 1.68 bits per heavy atom. The largest absolute Gasteiger partial charge is 0.487 e. The van der Waals surface area contributed by atoms with E-state index < -0.39 is 17.7 Å². The quantitative estimate of drug-likeness (QED) is 0.160. The van der Waals surface area contributed by atoms with Crippen molar-refractivity contribution >= 4 is 17.7 Å². The lowest BCUT2D eigenvalue weighted by molar-refractivity contribution is -0.145. The van der Waals surface area contributed by atoms with Gasteiger partial charge >= 0.3 is 12.1 Å². The van der Waals surface area contributed by atoms with Gasteiger partial charge in [-0.1, -0.05) is 25.1 Å². The fourth-order valence-corrected chi connectivity index (χ4v) is 4.57. The van der Waals surface area contributed by atoms with Crippen molar-refractivity contribution in [3.05, 3.63) is 77.9 Å². The van der Waals surface area contributed by atoms with Crippen LogP contribution in [0.25, 0.3) is 0 Å². The summed E-state index contributed by atoms with van der Waals surface area (Å²) >= 11 is 1.64. The van der Waals surface area contributed by atoms with Crippen LogP contribution in [-0.4, -0.2) is 31.0 Å². The minimum Gasteiger partial charge on any atom is -0.487 e. The minimum atomic E-state index is -4.49. The van der Waals surface area contributed by atoms with Crippen LogP contribution in [0.2, 0.25) is 0 Å². The normalized spacial score (nSPS) is 12.1. The molecule has 0 radical (unpaired) electrons. The number of para-hydroxylation sites is 1. The summed E-state index contributed by atoms with van der Waals surface area (Å²) < 4.78 is 62.1. The van der Waals surface area contributed by atoms with Crippen LogP contribution in [0.3, 0.4) is 0 Å². The minimum absolute atomic E-state index is 0.0107. The van der Waals surface area contributed by atoms with E-state index in [1.54, 1.807) is 49.0 Å². The second-order valence-electron chi connectivity index (χ2n) is 8.36. The second kappa shape index (κ2) is 14.0. The van der Waals surface area contributed by atoms with E-state index in [-0.39, 0.29) is 24.2 Å². The average Bonchev–Trinajstić information content (AvgIpc) is 2.89. The van der Waals surface area contributed by atoms with E-state index in [0.29, 0.717) is 24.5 Å². The lowest BCUT2D eigenvalue weighted by Gasteiger charge is -2.19. The number of hydrogen-bond acceptors (Lipinski definition) is 6. The number of benzene rings is 3. The first-order chi connectivity index (χ1) is 18.2. The number of aryl methyl sites for hydroxylation is 1. The molecule has 204 valence electrons. The molecule has 0 aromatic heterocycles. The Bertz CT molecular complexity index is 1180. The number of ether oxygens (including phenoxy) is 4. The number of alkyl halides is 3. The average molecular weight is 549 g/mol. The van der Waals surface area contributed by atoms with Crippen LogP contribution < -0.4 is 14.2 Å². The molecule has 0 fully saturated rings. The van der Waals surface area contributed by atoms with Crippen LogP contribution >= 0.6 is 11.8 Å². The molecule has 3 aromatic rings. The Balaban J connectivity index is 1.60. The summed E-state index contributed by atoms with van der Waals surface area (Å²) in [6.45, 7) is 5.79. The SMILES string of the molecule is CCOC(=O)COc1ccc(SCC[C@H](C)Oc2ccc(C(F)(F)F)cc2Oc2ccccc2)cc1CC. The van der Waals surface area contributed by atoms with E-state index in [4.69, 9.17) is 18.9 Å². The molecule has 0 bridgehead atoms. The fourth-order valence-electron chi connectivity index (χ4n) is 3.50. The van der Waals surface area contributed by atoms with Crippen molar-refractivity contribution in [2.45, 2.75) is 50.8 Å². The van der Waals surface area contributed by atoms with Crippen molar-refractivity contribution in [1.82, 2.24) is 0 Å². The van der Waals surface area contributed by atoms with E-state index in [0.717, 1.165) is 34.8 Å². The van der Waals surface area contributed by atoms with Gasteiger partial charge in [0.05, 0.1) is 18.3 Å². The summed E-state index contributed by atoms with van der Waals surface area (Å²) in [6.07, 6.45) is -3.37. The maximum absolute atomic E-state index is 13.3. The summed E-state index contributed by atoms with van der Waals surface area (Å²) in [6, 6.07) is 17.7. The third-order valence-corrected chi connectivity index (χ3v) is 6.45. The van der Waals surface area contributed by atoms with Gasteiger partial charge in [-0.05, 0) is 80.8 Å². The number of carbonyl (C=O) groups is 1. The highest BCUT2D eigenvalue weighted by Crippen LogP contribution is 2.39. The smallest absolute Gasteiger partial charge is 0.416 e. The fraction of sp³-hybridized carbons (Fsp3) is 0.345. The van der Waals surface area contributed by atoms with Gasteiger partial charge in [-0.25, -0.2) is 4.79 Å². The van der Waals surface area contributed by atoms with Gasteiger partial charge in [-0.2, -0.15) is 13.2 Å². The molecule has 0 unspecified atom stereocenters. The summed E-state index contributed by atoms with van der Waals surface area (Å²) in [5.41, 5.74) is 0.177. The summed E-state index contributed by atoms with van der Waals surface area (Å²) in [7, 11) is 0. The molecule has 0 N–H and O–H groups in total. The number of esters is 1. The van der Waals surface area contributed by atoms with Crippen molar-refractivity contribution in [3.8, 4) is 23.0 Å². The molecular weight excluding hydrogens is 517 g/mol. The van der Waals surface area contributed by atoms with Crippen molar-refractivity contribution < 1.29 is 36.9 Å². The van der Waals surface area contributed by atoms with E-state index in [9.17, 15) is 18.0 Å². The van der Waals surface area contributed by atoms with Gasteiger partial charge in [0.15, 0.2) is 18.1 Å².